The lowest BCUT2D eigenvalue weighted by atomic mass is 10.1. The lowest BCUT2D eigenvalue weighted by molar-refractivity contribution is 0.241. The highest BCUT2D eigenvalue weighted by molar-refractivity contribution is 5.68. The average Bonchev–Trinajstić information content (AvgIpc) is 3.35. The summed E-state index contributed by atoms with van der Waals surface area (Å²) in [6.07, 6.45) is 3.33. The van der Waals surface area contributed by atoms with Gasteiger partial charge < -0.3 is 4.57 Å². The van der Waals surface area contributed by atoms with Crippen LogP contribution >= 0.6 is 0 Å². The molecule has 0 radical (unpaired) electrons. The van der Waals surface area contributed by atoms with Gasteiger partial charge in [-0.25, -0.2) is 4.98 Å². The summed E-state index contributed by atoms with van der Waals surface area (Å²) in [7, 11) is 0. The van der Waals surface area contributed by atoms with Gasteiger partial charge in [0.1, 0.15) is 5.82 Å². The van der Waals surface area contributed by atoms with Gasteiger partial charge in [-0.3, -0.25) is 4.90 Å². The van der Waals surface area contributed by atoms with E-state index in [1.165, 1.54) is 33.5 Å². The van der Waals surface area contributed by atoms with Crippen molar-refractivity contribution in [1.29, 1.82) is 0 Å². The Hall–Kier alpha value is -3.95. The fourth-order valence-corrected chi connectivity index (χ4v) is 5.20. The van der Waals surface area contributed by atoms with Crippen LogP contribution in [0.4, 0.5) is 0 Å². The maximum absolute atomic E-state index is 5.33. The van der Waals surface area contributed by atoms with Crippen molar-refractivity contribution < 1.29 is 0 Å². The van der Waals surface area contributed by atoms with Crippen molar-refractivity contribution in [1.82, 2.24) is 14.5 Å². The van der Waals surface area contributed by atoms with Gasteiger partial charge >= 0.3 is 0 Å². The summed E-state index contributed by atoms with van der Waals surface area (Å²) in [4.78, 5) is 7.90. The van der Waals surface area contributed by atoms with Crippen molar-refractivity contribution in [2.24, 2.45) is 0 Å². The van der Waals surface area contributed by atoms with E-state index in [0.717, 1.165) is 57.0 Å². The number of aryl methyl sites for hydroxylation is 1. The van der Waals surface area contributed by atoms with Gasteiger partial charge in [-0.05, 0) is 29.5 Å². The first kappa shape index (κ1) is 26.6. The van der Waals surface area contributed by atoms with Crippen LogP contribution < -0.4 is 0 Å². The van der Waals surface area contributed by atoms with Crippen molar-refractivity contribution in [2.45, 2.75) is 59.3 Å². The molecule has 0 aliphatic rings. The summed E-state index contributed by atoms with van der Waals surface area (Å²) in [5, 5.41) is 0. The van der Waals surface area contributed by atoms with Crippen molar-refractivity contribution >= 4 is 0 Å². The number of hydrogen-bond donors (Lipinski definition) is 0. The van der Waals surface area contributed by atoms with Crippen LogP contribution in [0.15, 0.2) is 115 Å². The number of imidazole rings is 1. The molecule has 1 heterocycles. The Morgan fingerprint density at radius 1 is 0.590 bits per heavy atom. The first-order valence-corrected chi connectivity index (χ1v) is 14.3. The van der Waals surface area contributed by atoms with Crippen molar-refractivity contribution in [3.8, 4) is 22.6 Å². The van der Waals surface area contributed by atoms with Crippen LogP contribution in [-0.2, 0) is 32.6 Å². The van der Waals surface area contributed by atoms with Gasteiger partial charge in [-0.1, -0.05) is 136 Å². The third kappa shape index (κ3) is 6.74. The molecule has 0 saturated heterocycles. The lowest BCUT2D eigenvalue weighted by Gasteiger charge is -2.25. The highest BCUT2D eigenvalue weighted by atomic mass is 15.2. The Labute approximate surface area is 233 Å². The molecule has 198 valence electrons. The van der Waals surface area contributed by atoms with Crippen LogP contribution in [0.2, 0.25) is 0 Å². The van der Waals surface area contributed by atoms with E-state index >= 15 is 0 Å². The second kappa shape index (κ2) is 13.2. The second-order valence-corrected chi connectivity index (χ2v) is 10.3. The molecule has 4 aromatic carbocycles. The Kier molecular flexibility index (Phi) is 9.03. The SMILES string of the molecule is CCCCn1c(-c2ccccc2)nc(-c2ccccc2)c1CN(Cc1ccccc1)Cc1ccc(CC)cc1. The number of nitrogens with zero attached hydrogens (tertiary/aromatic N) is 3. The van der Waals surface area contributed by atoms with Crippen molar-refractivity contribution in [3.05, 3.63) is 138 Å². The second-order valence-electron chi connectivity index (χ2n) is 10.3. The quantitative estimate of drug-likeness (QED) is 0.166. The zero-order valence-corrected chi connectivity index (χ0v) is 23.3. The fourth-order valence-electron chi connectivity index (χ4n) is 5.20. The molecule has 0 saturated carbocycles. The number of hydrogen-bond acceptors (Lipinski definition) is 2. The van der Waals surface area contributed by atoms with Crippen LogP contribution in [0.3, 0.4) is 0 Å². The van der Waals surface area contributed by atoms with Crippen LogP contribution in [0.25, 0.3) is 22.6 Å². The first-order chi connectivity index (χ1) is 19.2. The summed E-state index contributed by atoms with van der Waals surface area (Å²) in [5.41, 5.74) is 8.76. The van der Waals surface area contributed by atoms with Crippen LogP contribution in [0.1, 0.15) is 49.1 Å². The lowest BCUT2D eigenvalue weighted by Crippen LogP contribution is -2.24. The van der Waals surface area contributed by atoms with E-state index in [4.69, 9.17) is 4.98 Å². The van der Waals surface area contributed by atoms with Gasteiger partial charge in [0, 0.05) is 37.3 Å². The summed E-state index contributed by atoms with van der Waals surface area (Å²) in [6.45, 7) is 8.01. The zero-order valence-electron chi connectivity index (χ0n) is 23.3. The molecular weight excluding hydrogens is 474 g/mol. The molecule has 39 heavy (non-hydrogen) atoms. The predicted octanol–water partition coefficient (Wildman–Crippen LogP) is 8.78. The normalized spacial score (nSPS) is 11.3. The molecule has 3 heteroatoms. The van der Waals surface area contributed by atoms with E-state index in [-0.39, 0.29) is 0 Å². The number of rotatable bonds is 12. The van der Waals surface area contributed by atoms with Gasteiger partial charge in [0.2, 0.25) is 0 Å². The molecule has 5 aromatic rings. The van der Waals surface area contributed by atoms with Crippen molar-refractivity contribution in [2.75, 3.05) is 0 Å². The minimum atomic E-state index is 0.818. The first-order valence-electron chi connectivity index (χ1n) is 14.3. The topological polar surface area (TPSA) is 21.1 Å². The molecule has 0 unspecified atom stereocenters. The van der Waals surface area contributed by atoms with Gasteiger partial charge in [0.15, 0.2) is 0 Å². The monoisotopic (exact) mass is 513 g/mol. The molecule has 1 aromatic heterocycles. The van der Waals surface area contributed by atoms with Crippen molar-refractivity contribution in [3.63, 3.8) is 0 Å². The number of aromatic nitrogens is 2. The molecule has 0 amide bonds. The van der Waals surface area contributed by atoms with Gasteiger partial charge in [-0.2, -0.15) is 0 Å². The molecule has 0 bridgehead atoms. The van der Waals surface area contributed by atoms with E-state index < -0.39 is 0 Å². The average molecular weight is 514 g/mol. The Morgan fingerprint density at radius 2 is 1.13 bits per heavy atom. The summed E-state index contributed by atoms with van der Waals surface area (Å²) in [6, 6.07) is 41.3. The maximum atomic E-state index is 5.33. The highest BCUT2D eigenvalue weighted by Gasteiger charge is 2.22. The molecule has 3 nitrogen and oxygen atoms in total. The molecular formula is C36H39N3. The molecule has 0 aliphatic heterocycles. The minimum absolute atomic E-state index is 0.818. The van der Waals surface area contributed by atoms with E-state index in [1.807, 2.05) is 0 Å². The Bertz CT molecular complexity index is 1420. The Morgan fingerprint density at radius 3 is 1.72 bits per heavy atom. The molecule has 0 fully saturated rings. The van der Waals surface area contributed by atoms with Gasteiger partial charge in [0.25, 0.3) is 0 Å². The van der Waals surface area contributed by atoms with E-state index in [9.17, 15) is 0 Å². The van der Waals surface area contributed by atoms with Crippen LogP contribution in [-0.4, -0.2) is 14.5 Å². The van der Waals surface area contributed by atoms with E-state index in [0.29, 0.717) is 0 Å². The van der Waals surface area contributed by atoms with E-state index in [2.05, 4.69) is 139 Å². The fraction of sp³-hybridized carbons (Fsp3) is 0.250. The highest BCUT2D eigenvalue weighted by Crippen LogP contribution is 2.31. The van der Waals surface area contributed by atoms with E-state index in [1.54, 1.807) is 0 Å². The van der Waals surface area contributed by atoms with Crippen LogP contribution in [0, 0.1) is 0 Å². The largest absolute Gasteiger partial charge is 0.326 e. The zero-order chi connectivity index (χ0) is 26.9. The van der Waals surface area contributed by atoms with Gasteiger partial charge in [0.05, 0.1) is 11.4 Å². The third-order valence-electron chi connectivity index (χ3n) is 7.35. The molecule has 0 N–H and O–H groups in total. The maximum Gasteiger partial charge on any atom is 0.140 e. The standard InChI is InChI=1S/C36H39N3/c1-3-5-25-39-34(35(32-17-11-7-12-18-32)37-36(39)33-19-13-8-14-20-33)28-38(26-30-15-9-6-10-16-30)27-31-23-21-29(4-2)22-24-31/h6-24H,3-5,25-28H2,1-2H3. The van der Waals surface area contributed by atoms with Crippen LogP contribution in [0.5, 0.6) is 0 Å². The molecule has 0 spiro atoms. The summed E-state index contributed by atoms with van der Waals surface area (Å²) < 4.78 is 2.49. The summed E-state index contributed by atoms with van der Waals surface area (Å²) in [5.74, 6) is 1.06. The molecule has 0 aliphatic carbocycles. The number of unbranched alkanes of at least 4 members (excludes halogenated alkanes) is 1. The summed E-state index contributed by atoms with van der Waals surface area (Å²) >= 11 is 0. The smallest absolute Gasteiger partial charge is 0.140 e. The third-order valence-corrected chi connectivity index (χ3v) is 7.35. The molecule has 5 rings (SSSR count). The molecule has 0 atom stereocenters. The Balaban J connectivity index is 1.59. The number of benzene rings is 4. The van der Waals surface area contributed by atoms with Gasteiger partial charge in [-0.15, -0.1) is 0 Å². The minimum Gasteiger partial charge on any atom is -0.326 e. The predicted molar refractivity (Wildman–Crippen MR) is 163 cm³/mol.